The minimum atomic E-state index is -4.60. The summed E-state index contributed by atoms with van der Waals surface area (Å²) in [6.07, 6.45) is -0.916. The lowest BCUT2D eigenvalue weighted by atomic mass is 10.1. The molecule has 14 heteroatoms. The van der Waals surface area contributed by atoms with E-state index in [2.05, 4.69) is 5.32 Å². The van der Waals surface area contributed by atoms with Gasteiger partial charge in [-0.15, -0.1) is 11.3 Å². The summed E-state index contributed by atoms with van der Waals surface area (Å²) in [6, 6.07) is 16.6. The zero-order valence-corrected chi connectivity index (χ0v) is 26.7. The molecule has 8 nitrogen and oxygen atoms in total. The maximum Gasteiger partial charge on any atom is 0.416 e. The van der Waals surface area contributed by atoms with Gasteiger partial charge in [-0.3, -0.25) is 14.2 Å². The number of thiazole rings is 1. The van der Waals surface area contributed by atoms with Crippen LogP contribution in [0.3, 0.4) is 0 Å². The van der Waals surface area contributed by atoms with E-state index in [0.717, 1.165) is 47.3 Å². The summed E-state index contributed by atoms with van der Waals surface area (Å²) in [4.78, 5) is 27.3. The summed E-state index contributed by atoms with van der Waals surface area (Å²) in [5, 5.41) is 13.0. The van der Waals surface area contributed by atoms with Crippen molar-refractivity contribution in [2.24, 2.45) is 0 Å². The van der Waals surface area contributed by atoms with Gasteiger partial charge in [0.25, 0.3) is 11.5 Å². The largest absolute Gasteiger partial charge is 0.416 e. The van der Waals surface area contributed by atoms with E-state index in [1.165, 1.54) is 52.8 Å². The highest BCUT2D eigenvalue weighted by Gasteiger charge is 2.30. The fourth-order valence-corrected chi connectivity index (χ4v) is 7.78. The highest BCUT2D eigenvalue weighted by molar-refractivity contribution is 7.89. The number of benzene rings is 3. The summed E-state index contributed by atoms with van der Waals surface area (Å²) in [5.74, 6) is -0.922. The van der Waals surface area contributed by atoms with Gasteiger partial charge in [0.05, 0.1) is 20.7 Å². The first-order valence-electron chi connectivity index (χ1n) is 14.0. The SMILES string of the molecule is Cc1ccc(-n2c(=O)/c(=C/c3cccc(C(F)(F)F)c3)s/c2=C(/C#N)C(=O)Nc2cccc(S(=O)(=O)N3CCCCC3)c2)cc1Cl. The zero-order chi connectivity index (χ0) is 33.2. The number of piperidine rings is 1. The van der Waals surface area contributed by atoms with Crippen LogP contribution in [0.25, 0.3) is 17.3 Å². The molecule has 0 bridgehead atoms. The molecular weight excluding hydrogens is 661 g/mol. The van der Waals surface area contributed by atoms with Gasteiger partial charge in [-0.1, -0.05) is 42.3 Å². The van der Waals surface area contributed by atoms with Gasteiger partial charge in [0.1, 0.15) is 10.7 Å². The number of aromatic nitrogens is 1. The molecule has 0 aliphatic carbocycles. The summed E-state index contributed by atoms with van der Waals surface area (Å²) in [6.45, 7) is 2.53. The van der Waals surface area contributed by atoms with Crippen molar-refractivity contribution in [2.45, 2.75) is 37.3 Å². The minimum Gasteiger partial charge on any atom is -0.321 e. The molecule has 5 rings (SSSR count). The van der Waals surface area contributed by atoms with E-state index >= 15 is 0 Å². The van der Waals surface area contributed by atoms with Crippen molar-refractivity contribution in [3.8, 4) is 11.8 Å². The average molecular weight is 687 g/mol. The Labute approximate surface area is 271 Å². The summed E-state index contributed by atoms with van der Waals surface area (Å²) in [5.41, 5.74) is -0.951. The van der Waals surface area contributed by atoms with Crippen LogP contribution < -0.4 is 20.1 Å². The number of anilines is 1. The molecule has 1 amide bonds. The Kier molecular flexibility index (Phi) is 9.55. The minimum absolute atomic E-state index is 0.0222. The molecule has 0 radical (unpaired) electrons. The average Bonchev–Trinajstić information content (AvgIpc) is 3.33. The standard InChI is InChI=1S/C32H26ClF3N4O4S2/c1-20-11-12-24(18-27(20)33)40-30(42)28(16-21-7-5-8-22(15-21)32(34,35)36)45-31(40)26(19-37)29(41)38-23-9-6-10-25(17-23)46(43,44)39-13-3-2-4-14-39/h5-12,15-18H,2-4,13-14H2,1H3,(H,38,41)/b28-16-,31-26-. The molecule has 1 aromatic heterocycles. The van der Waals surface area contributed by atoms with E-state index in [4.69, 9.17) is 11.6 Å². The van der Waals surface area contributed by atoms with Crippen LogP contribution in [-0.2, 0) is 21.0 Å². The molecule has 0 atom stereocenters. The molecule has 2 heterocycles. The second-order valence-corrected chi connectivity index (χ2v) is 13.9. The first-order chi connectivity index (χ1) is 21.8. The number of nitriles is 1. The molecule has 1 aliphatic rings. The van der Waals surface area contributed by atoms with Crippen LogP contribution in [0, 0.1) is 18.3 Å². The van der Waals surface area contributed by atoms with Crippen molar-refractivity contribution in [1.82, 2.24) is 8.87 Å². The molecule has 1 saturated heterocycles. The molecule has 0 saturated carbocycles. The van der Waals surface area contributed by atoms with E-state index in [9.17, 15) is 36.4 Å². The number of halogens is 4. The van der Waals surface area contributed by atoms with E-state index in [-0.39, 0.29) is 31.0 Å². The van der Waals surface area contributed by atoms with Gasteiger partial charge in [-0.25, -0.2) is 8.42 Å². The summed E-state index contributed by atoms with van der Waals surface area (Å²) in [7, 11) is -3.81. The second-order valence-electron chi connectivity index (χ2n) is 10.5. The van der Waals surface area contributed by atoms with Crippen LogP contribution in [0.1, 0.15) is 36.0 Å². The Morgan fingerprint density at radius 3 is 2.43 bits per heavy atom. The predicted octanol–water partition coefficient (Wildman–Crippen LogP) is 5.20. The Bertz CT molecular complexity index is 2160. The number of nitrogens with zero attached hydrogens (tertiary/aromatic N) is 3. The van der Waals surface area contributed by atoms with Gasteiger partial charge < -0.3 is 5.32 Å². The topological polar surface area (TPSA) is 112 Å². The number of alkyl halides is 3. The molecule has 1 fully saturated rings. The van der Waals surface area contributed by atoms with Gasteiger partial charge in [0, 0.05) is 23.8 Å². The molecular formula is C32H26ClF3N4O4S2. The molecule has 238 valence electrons. The third kappa shape index (κ3) is 6.95. The second kappa shape index (κ2) is 13.3. The van der Waals surface area contributed by atoms with E-state index in [1.54, 1.807) is 19.1 Å². The lowest BCUT2D eigenvalue weighted by Crippen LogP contribution is -2.35. The Hall–Kier alpha value is -4.22. The molecule has 1 aliphatic heterocycles. The number of hydrogen-bond acceptors (Lipinski definition) is 6. The Morgan fingerprint density at radius 2 is 1.76 bits per heavy atom. The molecule has 0 spiro atoms. The van der Waals surface area contributed by atoms with Crippen LogP contribution >= 0.6 is 22.9 Å². The van der Waals surface area contributed by atoms with Gasteiger partial charge in [0.2, 0.25) is 10.0 Å². The fraction of sp³-hybridized carbons (Fsp3) is 0.219. The van der Waals surface area contributed by atoms with Gasteiger partial charge >= 0.3 is 6.18 Å². The summed E-state index contributed by atoms with van der Waals surface area (Å²) < 4.78 is 68.8. The number of aryl methyl sites for hydroxylation is 1. The lowest BCUT2D eigenvalue weighted by Gasteiger charge is -2.26. The summed E-state index contributed by atoms with van der Waals surface area (Å²) >= 11 is 7.07. The Balaban J connectivity index is 1.63. The van der Waals surface area contributed by atoms with Crippen LogP contribution in [0.5, 0.6) is 0 Å². The highest BCUT2D eigenvalue weighted by atomic mass is 35.5. The fourth-order valence-electron chi connectivity index (χ4n) is 4.94. The van der Waals surface area contributed by atoms with Crippen molar-refractivity contribution in [1.29, 1.82) is 5.26 Å². The highest BCUT2D eigenvalue weighted by Crippen LogP contribution is 2.29. The molecule has 4 aromatic rings. The number of amides is 1. The Morgan fingerprint density at radius 1 is 1.04 bits per heavy atom. The van der Waals surface area contributed by atoms with Crippen molar-refractivity contribution in [2.75, 3.05) is 18.4 Å². The number of hydrogen-bond donors (Lipinski definition) is 1. The normalized spacial score (nSPS) is 15.3. The third-order valence-electron chi connectivity index (χ3n) is 7.35. The molecule has 0 unspecified atom stereocenters. The molecule has 3 aromatic carbocycles. The van der Waals surface area contributed by atoms with Crippen molar-refractivity contribution < 1.29 is 26.4 Å². The maximum atomic E-state index is 13.7. The quantitative estimate of drug-likeness (QED) is 0.300. The van der Waals surface area contributed by atoms with Crippen molar-refractivity contribution >= 4 is 56.2 Å². The van der Waals surface area contributed by atoms with Crippen molar-refractivity contribution in [3.05, 3.63) is 108 Å². The van der Waals surface area contributed by atoms with Gasteiger partial charge in [-0.05, 0) is 79.4 Å². The van der Waals surface area contributed by atoms with Gasteiger partial charge in [0.15, 0.2) is 5.57 Å². The van der Waals surface area contributed by atoms with E-state index in [1.807, 2.05) is 6.07 Å². The molecule has 46 heavy (non-hydrogen) atoms. The smallest absolute Gasteiger partial charge is 0.321 e. The van der Waals surface area contributed by atoms with Crippen LogP contribution in [0.2, 0.25) is 5.02 Å². The zero-order valence-electron chi connectivity index (χ0n) is 24.3. The maximum absolute atomic E-state index is 13.7. The van der Waals surface area contributed by atoms with Crippen molar-refractivity contribution in [3.63, 3.8) is 0 Å². The van der Waals surface area contributed by atoms with Crippen LogP contribution in [-0.4, -0.2) is 36.3 Å². The number of rotatable bonds is 6. The van der Waals surface area contributed by atoms with E-state index in [0.29, 0.717) is 23.7 Å². The number of carbonyl (C=O) groups is 1. The lowest BCUT2D eigenvalue weighted by molar-refractivity contribution is -0.137. The number of carbonyl (C=O) groups excluding carboxylic acids is 1. The van der Waals surface area contributed by atoms with Gasteiger partial charge in [-0.2, -0.15) is 22.7 Å². The number of nitrogens with one attached hydrogen (secondary N) is 1. The first kappa shape index (κ1) is 33.2. The predicted molar refractivity (Wildman–Crippen MR) is 171 cm³/mol. The van der Waals surface area contributed by atoms with Crippen LogP contribution in [0.4, 0.5) is 18.9 Å². The van der Waals surface area contributed by atoms with E-state index < -0.39 is 38.8 Å². The monoisotopic (exact) mass is 686 g/mol. The third-order valence-corrected chi connectivity index (χ3v) is 10.7. The number of sulfonamides is 1. The first-order valence-corrected chi connectivity index (χ1v) is 16.7. The molecule has 1 N–H and O–H groups in total. The van der Waals surface area contributed by atoms with Crippen LogP contribution in [0.15, 0.2) is 76.4 Å².